The van der Waals surface area contributed by atoms with Crippen molar-refractivity contribution in [3.8, 4) is 0 Å². The van der Waals surface area contributed by atoms with Gasteiger partial charge in [-0.25, -0.2) is 0 Å². The highest BCUT2D eigenvalue weighted by Crippen LogP contribution is 2.36. The molecule has 0 atom stereocenters. The molecule has 0 saturated carbocycles. The van der Waals surface area contributed by atoms with E-state index < -0.39 is 8.32 Å². The normalized spacial score (nSPS) is 12.8. The molecule has 0 radical (unpaired) electrons. The molecule has 0 unspecified atom stereocenters. The van der Waals surface area contributed by atoms with Crippen molar-refractivity contribution >= 4 is 25.6 Å². The zero-order chi connectivity index (χ0) is 14.0. The number of hydrogen-bond donors (Lipinski definition) is 1. The number of benzene rings is 1. The van der Waals surface area contributed by atoms with Crippen molar-refractivity contribution in [2.24, 2.45) is 0 Å². The lowest BCUT2D eigenvalue weighted by molar-refractivity contribution is 0.292. The Morgan fingerprint density at radius 1 is 1.28 bits per heavy atom. The van der Waals surface area contributed by atoms with E-state index in [4.69, 9.17) is 21.8 Å². The summed E-state index contributed by atoms with van der Waals surface area (Å²) >= 11 is 6.14. The van der Waals surface area contributed by atoms with Crippen molar-refractivity contribution in [1.82, 2.24) is 0 Å². The molecule has 0 bridgehead atoms. The van der Waals surface area contributed by atoms with Gasteiger partial charge in [0, 0.05) is 17.3 Å². The fourth-order valence-corrected chi connectivity index (χ4v) is 2.68. The van der Waals surface area contributed by atoms with Gasteiger partial charge in [-0.05, 0) is 48.3 Å². The van der Waals surface area contributed by atoms with Crippen LogP contribution in [-0.2, 0) is 10.8 Å². The Kier molecular flexibility index (Phi) is 4.87. The lowest BCUT2D eigenvalue weighted by atomic mass is 10.1. The van der Waals surface area contributed by atoms with Crippen LogP contribution in [0.4, 0.5) is 5.69 Å². The van der Waals surface area contributed by atoms with Gasteiger partial charge in [0.2, 0.25) is 0 Å². The van der Waals surface area contributed by atoms with Crippen LogP contribution in [0.5, 0.6) is 0 Å². The molecule has 4 heteroatoms. The molecule has 1 aromatic rings. The van der Waals surface area contributed by atoms with Crippen molar-refractivity contribution in [2.45, 2.75) is 45.3 Å². The maximum absolute atomic E-state index is 6.14. The van der Waals surface area contributed by atoms with Gasteiger partial charge < -0.3 is 10.2 Å². The van der Waals surface area contributed by atoms with Crippen LogP contribution in [0.3, 0.4) is 0 Å². The second-order valence-electron chi connectivity index (χ2n) is 6.21. The van der Waals surface area contributed by atoms with Gasteiger partial charge in [-0.2, -0.15) is 0 Å². The lowest BCUT2D eigenvalue weighted by Crippen LogP contribution is -2.41. The Hall–Kier alpha value is -0.513. The summed E-state index contributed by atoms with van der Waals surface area (Å²) in [6.45, 7) is 12.0. The molecular weight excluding hydrogens is 262 g/mol. The van der Waals surface area contributed by atoms with Gasteiger partial charge in [-0.1, -0.05) is 32.4 Å². The lowest BCUT2D eigenvalue weighted by Gasteiger charge is -2.36. The molecule has 0 aliphatic carbocycles. The van der Waals surface area contributed by atoms with Crippen molar-refractivity contribution in [3.63, 3.8) is 0 Å². The number of halogens is 1. The molecule has 0 saturated heterocycles. The molecule has 0 aliphatic heterocycles. The van der Waals surface area contributed by atoms with E-state index in [1.807, 2.05) is 18.2 Å². The molecule has 1 rings (SSSR count). The average molecular weight is 286 g/mol. The number of nitrogens with two attached hydrogens (primary N) is 1. The highest BCUT2D eigenvalue weighted by molar-refractivity contribution is 6.74. The molecule has 0 aromatic heterocycles. The topological polar surface area (TPSA) is 35.2 Å². The van der Waals surface area contributed by atoms with Crippen LogP contribution in [0.2, 0.25) is 23.2 Å². The molecule has 0 aliphatic rings. The first-order valence-corrected chi connectivity index (χ1v) is 9.60. The molecule has 0 heterocycles. The van der Waals surface area contributed by atoms with E-state index in [2.05, 4.69) is 33.9 Å². The van der Waals surface area contributed by atoms with Gasteiger partial charge >= 0.3 is 0 Å². The number of rotatable bonds is 4. The first-order chi connectivity index (χ1) is 8.13. The number of hydrogen-bond acceptors (Lipinski definition) is 2. The van der Waals surface area contributed by atoms with Crippen LogP contribution in [0, 0.1) is 0 Å². The second kappa shape index (κ2) is 5.64. The molecule has 102 valence electrons. The summed E-state index contributed by atoms with van der Waals surface area (Å²) in [5.74, 6) is 0. The third-order valence-corrected chi connectivity index (χ3v) is 8.62. The maximum atomic E-state index is 6.14. The van der Waals surface area contributed by atoms with Crippen molar-refractivity contribution in [1.29, 1.82) is 0 Å². The SMILES string of the molecule is CC(C)(C)[Si](C)(C)OCCc1cc(N)ccc1Cl. The molecule has 2 nitrogen and oxygen atoms in total. The van der Waals surface area contributed by atoms with Gasteiger partial charge in [0.05, 0.1) is 0 Å². The highest BCUT2D eigenvalue weighted by atomic mass is 35.5. The fraction of sp³-hybridized carbons (Fsp3) is 0.571. The van der Waals surface area contributed by atoms with E-state index in [-0.39, 0.29) is 5.04 Å². The molecule has 1 aromatic carbocycles. The standard InChI is InChI=1S/C14H24ClNOSi/c1-14(2,3)18(4,5)17-9-8-11-10-12(16)6-7-13(11)15/h6-7,10H,8-9,16H2,1-5H3. The van der Waals surface area contributed by atoms with E-state index in [0.29, 0.717) is 6.61 Å². The smallest absolute Gasteiger partial charge is 0.191 e. The average Bonchev–Trinajstić information content (AvgIpc) is 2.21. The van der Waals surface area contributed by atoms with Gasteiger partial charge in [0.25, 0.3) is 0 Å². The number of anilines is 1. The van der Waals surface area contributed by atoms with Crippen molar-refractivity contribution in [3.05, 3.63) is 28.8 Å². The molecule has 0 spiro atoms. The Morgan fingerprint density at radius 2 is 1.89 bits per heavy atom. The summed E-state index contributed by atoms with van der Waals surface area (Å²) in [5, 5.41) is 1.01. The van der Waals surface area contributed by atoms with Gasteiger partial charge in [0.1, 0.15) is 0 Å². The van der Waals surface area contributed by atoms with E-state index in [1.54, 1.807) is 0 Å². The predicted octanol–water partition coefficient (Wildman–Crippen LogP) is 4.49. The van der Waals surface area contributed by atoms with Crippen LogP contribution < -0.4 is 5.73 Å². The summed E-state index contributed by atoms with van der Waals surface area (Å²) in [6.07, 6.45) is 0.816. The summed E-state index contributed by atoms with van der Waals surface area (Å²) < 4.78 is 6.13. The van der Waals surface area contributed by atoms with E-state index in [9.17, 15) is 0 Å². The monoisotopic (exact) mass is 285 g/mol. The third kappa shape index (κ3) is 4.01. The minimum atomic E-state index is -1.66. The quantitative estimate of drug-likeness (QED) is 0.654. The Bertz CT molecular complexity index is 413. The van der Waals surface area contributed by atoms with Crippen LogP contribution in [-0.4, -0.2) is 14.9 Å². The molecule has 0 fully saturated rings. The minimum absolute atomic E-state index is 0.243. The van der Waals surface area contributed by atoms with Crippen LogP contribution in [0.25, 0.3) is 0 Å². The van der Waals surface area contributed by atoms with Crippen LogP contribution in [0.1, 0.15) is 26.3 Å². The first kappa shape index (κ1) is 15.5. The van der Waals surface area contributed by atoms with Crippen molar-refractivity contribution in [2.75, 3.05) is 12.3 Å². The van der Waals surface area contributed by atoms with E-state index in [1.165, 1.54) is 0 Å². The Balaban J connectivity index is 2.59. The highest BCUT2D eigenvalue weighted by Gasteiger charge is 2.36. The summed E-state index contributed by atoms with van der Waals surface area (Å²) in [4.78, 5) is 0. The summed E-state index contributed by atoms with van der Waals surface area (Å²) in [6, 6.07) is 5.59. The van der Waals surface area contributed by atoms with Crippen molar-refractivity contribution < 1.29 is 4.43 Å². The third-order valence-electron chi connectivity index (χ3n) is 3.71. The molecule has 0 amide bonds. The zero-order valence-electron chi connectivity index (χ0n) is 12.0. The molecule has 18 heavy (non-hydrogen) atoms. The summed E-state index contributed by atoms with van der Waals surface area (Å²) in [7, 11) is -1.66. The molecular formula is C14H24ClNOSi. The zero-order valence-corrected chi connectivity index (χ0v) is 13.8. The van der Waals surface area contributed by atoms with E-state index >= 15 is 0 Å². The number of nitrogen functional groups attached to an aromatic ring is 1. The molecule has 2 N–H and O–H groups in total. The maximum Gasteiger partial charge on any atom is 0.191 e. The second-order valence-corrected chi connectivity index (χ2v) is 11.4. The Morgan fingerprint density at radius 3 is 2.44 bits per heavy atom. The summed E-state index contributed by atoms with van der Waals surface area (Å²) in [5.41, 5.74) is 7.58. The van der Waals surface area contributed by atoms with Crippen LogP contribution in [0.15, 0.2) is 18.2 Å². The fourth-order valence-electron chi connectivity index (χ4n) is 1.42. The van der Waals surface area contributed by atoms with E-state index in [0.717, 1.165) is 22.7 Å². The van der Waals surface area contributed by atoms with Crippen LogP contribution >= 0.6 is 11.6 Å². The largest absolute Gasteiger partial charge is 0.416 e. The minimum Gasteiger partial charge on any atom is -0.416 e. The van der Waals surface area contributed by atoms with Gasteiger partial charge in [-0.3, -0.25) is 0 Å². The Labute approximate surface area is 117 Å². The van der Waals surface area contributed by atoms with Gasteiger partial charge in [0.15, 0.2) is 8.32 Å². The first-order valence-electron chi connectivity index (χ1n) is 6.31. The predicted molar refractivity (Wildman–Crippen MR) is 82.7 cm³/mol. The van der Waals surface area contributed by atoms with Gasteiger partial charge in [-0.15, -0.1) is 0 Å².